The molecule has 0 spiro atoms. The maximum atomic E-state index is 13.3. The second kappa shape index (κ2) is 8.51. The molecule has 0 bridgehead atoms. The van der Waals surface area contributed by atoms with Gasteiger partial charge in [-0.2, -0.15) is 0 Å². The second-order valence-electron chi connectivity index (χ2n) is 8.77. The number of amides is 2. The molecule has 28 heavy (non-hydrogen) atoms. The molecule has 8 unspecified atom stereocenters. The van der Waals surface area contributed by atoms with Gasteiger partial charge in [-0.1, -0.05) is 19.9 Å². The first-order valence-corrected chi connectivity index (χ1v) is 10.4. The Morgan fingerprint density at radius 1 is 1.21 bits per heavy atom. The quantitative estimate of drug-likeness (QED) is 0.684. The number of fused-ring (bicyclic) bond motifs is 1. The fourth-order valence-corrected chi connectivity index (χ4v) is 5.66. The zero-order valence-electron chi connectivity index (χ0n) is 17.2. The Morgan fingerprint density at radius 3 is 2.57 bits per heavy atom. The van der Waals surface area contributed by atoms with Crippen molar-refractivity contribution in [3.63, 3.8) is 0 Å². The number of rotatable bonds is 4. The van der Waals surface area contributed by atoms with Crippen molar-refractivity contribution in [1.82, 2.24) is 9.80 Å². The molecule has 3 aliphatic rings. The van der Waals surface area contributed by atoms with Gasteiger partial charge in [-0.25, -0.2) is 0 Å². The first kappa shape index (κ1) is 21.3. The van der Waals surface area contributed by atoms with Crippen LogP contribution in [-0.2, 0) is 14.3 Å². The van der Waals surface area contributed by atoms with Crippen LogP contribution in [-0.4, -0.2) is 83.4 Å². The van der Waals surface area contributed by atoms with Crippen LogP contribution in [0.25, 0.3) is 0 Å². The summed E-state index contributed by atoms with van der Waals surface area (Å²) in [4.78, 5) is 29.1. The summed E-state index contributed by atoms with van der Waals surface area (Å²) in [5, 5.41) is 20.7. The number of ether oxygens (including phenoxy) is 1. The lowest BCUT2D eigenvalue weighted by Gasteiger charge is -2.42. The summed E-state index contributed by atoms with van der Waals surface area (Å²) in [6.45, 7) is 6.71. The number of aliphatic hydroxyl groups excluding tert-OH is 2. The molecule has 158 valence electrons. The summed E-state index contributed by atoms with van der Waals surface area (Å²) in [5.41, 5.74) is 0. The normalized spacial score (nSPS) is 40.7. The predicted octanol–water partition coefficient (Wildman–Crippen LogP) is 0.651. The van der Waals surface area contributed by atoms with E-state index < -0.39 is 24.2 Å². The molecule has 0 aromatic rings. The van der Waals surface area contributed by atoms with Gasteiger partial charge in [0.15, 0.2) is 0 Å². The van der Waals surface area contributed by atoms with Crippen LogP contribution in [0, 0.1) is 23.7 Å². The Hall–Kier alpha value is -1.44. The molecule has 7 heteroatoms. The summed E-state index contributed by atoms with van der Waals surface area (Å²) < 4.78 is 5.53. The van der Waals surface area contributed by atoms with Crippen molar-refractivity contribution >= 4 is 11.8 Å². The number of carbonyl (C=O) groups is 2. The minimum atomic E-state index is -0.910. The molecule has 1 aliphatic heterocycles. The number of nitrogens with zero attached hydrogens (tertiary/aromatic N) is 2. The molecule has 3 fully saturated rings. The lowest BCUT2D eigenvalue weighted by Crippen LogP contribution is -2.55. The third-order valence-electron chi connectivity index (χ3n) is 7.33. The van der Waals surface area contributed by atoms with E-state index in [1.807, 2.05) is 18.9 Å². The van der Waals surface area contributed by atoms with Crippen LogP contribution in [0.2, 0.25) is 0 Å². The van der Waals surface area contributed by atoms with Gasteiger partial charge in [-0.3, -0.25) is 9.59 Å². The van der Waals surface area contributed by atoms with Gasteiger partial charge < -0.3 is 24.7 Å². The number of likely N-dealkylation sites (N-methyl/N-ethyl adjacent to an activating group) is 1. The largest absolute Gasteiger partial charge is 0.393 e. The molecule has 2 amide bonds. The van der Waals surface area contributed by atoms with Gasteiger partial charge in [-0.15, -0.1) is 0 Å². The van der Waals surface area contributed by atoms with Gasteiger partial charge >= 0.3 is 0 Å². The van der Waals surface area contributed by atoms with E-state index in [1.165, 1.54) is 13.2 Å². The monoisotopic (exact) mass is 394 g/mol. The summed E-state index contributed by atoms with van der Waals surface area (Å²) in [6.07, 6.45) is 2.48. The molecule has 0 aromatic heterocycles. The first-order chi connectivity index (χ1) is 13.3. The van der Waals surface area contributed by atoms with Gasteiger partial charge in [0.2, 0.25) is 11.8 Å². The van der Waals surface area contributed by atoms with Crippen molar-refractivity contribution in [3.05, 3.63) is 12.7 Å². The molecular formula is C21H34N2O5. The molecule has 2 aliphatic carbocycles. The van der Waals surface area contributed by atoms with Crippen LogP contribution in [0.3, 0.4) is 0 Å². The van der Waals surface area contributed by atoms with Gasteiger partial charge in [0.25, 0.3) is 0 Å². The zero-order chi connectivity index (χ0) is 20.6. The Morgan fingerprint density at radius 2 is 1.93 bits per heavy atom. The first-order valence-electron chi connectivity index (χ1n) is 10.4. The van der Waals surface area contributed by atoms with Gasteiger partial charge in [-0.05, 0) is 24.8 Å². The number of likely N-dealkylation sites (tertiary alicyclic amines) is 1. The lowest BCUT2D eigenvalue weighted by molar-refractivity contribution is -0.162. The van der Waals surface area contributed by atoms with Gasteiger partial charge in [0.1, 0.15) is 0 Å². The summed E-state index contributed by atoms with van der Waals surface area (Å²) in [7, 11) is 3.35. The van der Waals surface area contributed by atoms with Crippen molar-refractivity contribution in [3.8, 4) is 0 Å². The van der Waals surface area contributed by atoms with Crippen LogP contribution < -0.4 is 0 Å². The van der Waals surface area contributed by atoms with E-state index in [9.17, 15) is 19.8 Å². The molecule has 3 rings (SSSR count). The van der Waals surface area contributed by atoms with E-state index in [1.54, 1.807) is 4.90 Å². The molecule has 0 radical (unpaired) electrons. The van der Waals surface area contributed by atoms with Crippen molar-refractivity contribution < 1.29 is 24.5 Å². The smallest absolute Gasteiger partial charge is 0.245 e. The van der Waals surface area contributed by atoms with Crippen LogP contribution in [0.4, 0.5) is 0 Å². The lowest BCUT2D eigenvalue weighted by atomic mass is 9.75. The summed E-state index contributed by atoms with van der Waals surface area (Å²) in [5.74, 6) is -0.431. The van der Waals surface area contributed by atoms with Gasteiger partial charge in [0.05, 0.1) is 24.2 Å². The van der Waals surface area contributed by atoms with Crippen LogP contribution in [0.1, 0.15) is 32.6 Å². The molecule has 2 N–H and O–H groups in total. The highest BCUT2D eigenvalue weighted by Gasteiger charge is 2.50. The Labute approximate surface area is 167 Å². The molecule has 8 atom stereocenters. The van der Waals surface area contributed by atoms with E-state index in [-0.39, 0.29) is 36.1 Å². The fraction of sp³-hybridized carbons (Fsp3) is 0.810. The number of aliphatic hydroxyl groups is 2. The summed E-state index contributed by atoms with van der Waals surface area (Å²) >= 11 is 0. The third-order valence-corrected chi connectivity index (χ3v) is 7.33. The topological polar surface area (TPSA) is 90.3 Å². The Bertz CT molecular complexity index is 612. The average Bonchev–Trinajstić information content (AvgIpc) is 3.13. The average molecular weight is 395 g/mol. The van der Waals surface area contributed by atoms with Gasteiger partial charge in [0, 0.05) is 51.5 Å². The minimum absolute atomic E-state index is 0.0830. The van der Waals surface area contributed by atoms with E-state index in [0.717, 1.165) is 19.3 Å². The van der Waals surface area contributed by atoms with Crippen LogP contribution >= 0.6 is 0 Å². The van der Waals surface area contributed by atoms with Crippen molar-refractivity contribution in [2.45, 2.75) is 57.0 Å². The molecule has 1 heterocycles. The van der Waals surface area contributed by atoms with Crippen LogP contribution in [0.5, 0.6) is 0 Å². The highest BCUT2D eigenvalue weighted by molar-refractivity contribution is 5.87. The number of hydrogen-bond donors (Lipinski definition) is 2. The second-order valence-corrected chi connectivity index (χ2v) is 8.77. The van der Waals surface area contributed by atoms with E-state index in [0.29, 0.717) is 19.0 Å². The van der Waals surface area contributed by atoms with Crippen molar-refractivity contribution in [2.24, 2.45) is 23.7 Å². The van der Waals surface area contributed by atoms with Crippen molar-refractivity contribution in [2.75, 3.05) is 27.2 Å². The third kappa shape index (κ3) is 3.72. The molecule has 1 saturated heterocycles. The Kier molecular flexibility index (Phi) is 6.47. The Balaban J connectivity index is 1.75. The standard InChI is InChI=1S/C21H34N2O5/c1-5-18(26)22(3)15-8-6-7-13-10-23(11-14(13)15)21(27)19-17(25)9-16(24)12(2)20(19)28-4/h5,12-17,19-20,24-25H,1,6-11H2,2-4H3. The van der Waals surface area contributed by atoms with Crippen molar-refractivity contribution in [1.29, 1.82) is 0 Å². The summed E-state index contributed by atoms with van der Waals surface area (Å²) in [6, 6.07) is 0.109. The highest BCUT2D eigenvalue weighted by Crippen LogP contribution is 2.41. The maximum absolute atomic E-state index is 13.3. The molecule has 2 saturated carbocycles. The molecular weight excluding hydrogens is 360 g/mol. The maximum Gasteiger partial charge on any atom is 0.245 e. The number of methoxy groups -OCH3 is 1. The molecule has 7 nitrogen and oxygen atoms in total. The zero-order valence-corrected chi connectivity index (χ0v) is 17.2. The molecule has 0 aromatic carbocycles. The predicted molar refractivity (Wildman–Crippen MR) is 104 cm³/mol. The van der Waals surface area contributed by atoms with E-state index >= 15 is 0 Å². The highest BCUT2D eigenvalue weighted by atomic mass is 16.5. The number of hydrogen-bond acceptors (Lipinski definition) is 5. The van der Waals surface area contributed by atoms with E-state index in [2.05, 4.69) is 6.58 Å². The number of carbonyl (C=O) groups excluding carboxylic acids is 2. The van der Waals surface area contributed by atoms with E-state index in [4.69, 9.17) is 4.74 Å². The minimum Gasteiger partial charge on any atom is -0.393 e. The fourth-order valence-electron chi connectivity index (χ4n) is 5.66. The van der Waals surface area contributed by atoms with Crippen LogP contribution in [0.15, 0.2) is 12.7 Å². The SMILES string of the molecule is C=CC(=O)N(C)C1CCCC2CN(C(=O)C3C(O)CC(O)C(C)C3OC)CC21.